The number of nitrogens with one attached hydrogen (secondary N) is 1. The molecular weight excluding hydrogens is 355 g/mol. The van der Waals surface area contributed by atoms with E-state index in [0.29, 0.717) is 9.50 Å². The summed E-state index contributed by atoms with van der Waals surface area (Å²) in [7, 11) is 1.53. The second-order valence-electron chi connectivity index (χ2n) is 4.15. The van der Waals surface area contributed by atoms with E-state index in [4.69, 9.17) is 11.6 Å². The van der Waals surface area contributed by atoms with E-state index in [9.17, 15) is 13.2 Å². The highest BCUT2D eigenvalue weighted by atomic mass is 79.9. The van der Waals surface area contributed by atoms with Gasteiger partial charge < -0.3 is 5.32 Å². The van der Waals surface area contributed by atoms with Gasteiger partial charge in [0.2, 0.25) is 0 Å². The average molecular weight is 365 g/mol. The summed E-state index contributed by atoms with van der Waals surface area (Å²) in [5.74, 6) is -2.55. The average Bonchev–Trinajstić information content (AvgIpc) is 2.41. The van der Waals surface area contributed by atoms with Crippen molar-refractivity contribution in [2.45, 2.75) is 6.04 Å². The van der Waals surface area contributed by atoms with Crippen LogP contribution in [0.25, 0.3) is 0 Å². The minimum atomic E-state index is -1.01. The summed E-state index contributed by atoms with van der Waals surface area (Å²) in [5.41, 5.74) is 0.162. The lowest BCUT2D eigenvalue weighted by Gasteiger charge is -2.19. The molecular formula is C14H10BrClF3N. The highest BCUT2D eigenvalue weighted by Crippen LogP contribution is 2.32. The van der Waals surface area contributed by atoms with Gasteiger partial charge in [-0.15, -0.1) is 0 Å². The van der Waals surface area contributed by atoms with E-state index in [1.807, 2.05) is 0 Å². The van der Waals surface area contributed by atoms with Crippen LogP contribution in [0.2, 0.25) is 5.02 Å². The quantitative estimate of drug-likeness (QED) is 0.769. The Balaban J connectivity index is 2.58. The fourth-order valence-electron chi connectivity index (χ4n) is 1.98. The van der Waals surface area contributed by atoms with E-state index in [0.717, 1.165) is 6.07 Å². The minimum absolute atomic E-state index is 0.0183. The highest BCUT2D eigenvalue weighted by Gasteiger charge is 2.22. The van der Waals surface area contributed by atoms with Crippen LogP contribution in [-0.2, 0) is 0 Å². The van der Waals surface area contributed by atoms with Gasteiger partial charge in [0.25, 0.3) is 0 Å². The lowest BCUT2D eigenvalue weighted by Crippen LogP contribution is -2.20. The van der Waals surface area contributed by atoms with Crippen molar-refractivity contribution in [1.82, 2.24) is 5.32 Å². The summed E-state index contributed by atoms with van der Waals surface area (Å²) < 4.78 is 41.6. The van der Waals surface area contributed by atoms with Crippen LogP contribution in [0, 0.1) is 17.5 Å². The van der Waals surface area contributed by atoms with Gasteiger partial charge in [-0.1, -0.05) is 23.7 Å². The maximum Gasteiger partial charge on any atom is 0.163 e. The van der Waals surface area contributed by atoms with Crippen molar-refractivity contribution in [2.75, 3.05) is 7.05 Å². The van der Waals surface area contributed by atoms with Gasteiger partial charge in [0.15, 0.2) is 11.6 Å². The van der Waals surface area contributed by atoms with Gasteiger partial charge in [0.05, 0.1) is 11.1 Å². The van der Waals surface area contributed by atoms with Crippen LogP contribution in [0.5, 0.6) is 0 Å². The molecule has 2 aromatic rings. The summed E-state index contributed by atoms with van der Waals surface area (Å²) in [6.07, 6.45) is 0. The summed E-state index contributed by atoms with van der Waals surface area (Å²) in [6, 6.07) is 5.52. The molecule has 0 saturated carbocycles. The third-order valence-electron chi connectivity index (χ3n) is 2.93. The zero-order valence-electron chi connectivity index (χ0n) is 10.4. The monoisotopic (exact) mass is 363 g/mol. The molecule has 0 aromatic heterocycles. The highest BCUT2D eigenvalue weighted by molar-refractivity contribution is 9.10. The van der Waals surface area contributed by atoms with E-state index >= 15 is 0 Å². The second kappa shape index (κ2) is 6.16. The number of hydrogen-bond acceptors (Lipinski definition) is 1. The number of hydrogen-bond donors (Lipinski definition) is 1. The Labute approximate surface area is 127 Å². The van der Waals surface area contributed by atoms with Gasteiger partial charge in [0, 0.05) is 15.6 Å². The Bertz CT molecular complexity index is 649. The molecule has 0 bridgehead atoms. The first-order chi connectivity index (χ1) is 9.45. The van der Waals surface area contributed by atoms with Crippen LogP contribution in [0.1, 0.15) is 17.2 Å². The maximum atomic E-state index is 14.0. The van der Waals surface area contributed by atoms with Gasteiger partial charge >= 0.3 is 0 Å². The Hall–Kier alpha value is -1.04. The molecule has 0 aliphatic heterocycles. The molecule has 0 amide bonds. The van der Waals surface area contributed by atoms with Crippen molar-refractivity contribution in [2.24, 2.45) is 0 Å². The summed E-state index contributed by atoms with van der Waals surface area (Å²) in [6.45, 7) is 0. The van der Waals surface area contributed by atoms with Crippen molar-refractivity contribution in [3.63, 3.8) is 0 Å². The van der Waals surface area contributed by atoms with Gasteiger partial charge in [-0.05, 0) is 41.2 Å². The molecule has 6 heteroatoms. The minimum Gasteiger partial charge on any atom is -0.309 e. The second-order valence-corrected chi connectivity index (χ2v) is 5.41. The van der Waals surface area contributed by atoms with Crippen molar-refractivity contribution in [3.05, 3.63) is 68.4 Å². The molecule has 0 saturated heterocycles. The van der Waals surface area contributed by atoms with Crippen LogP contribution in [-0.4, -0.2) is 7.05 Å². The maximum absolute atomic E-state index is 14.0. The third kappa shape index (κ3) is 2.85. The molecule has 2 rings (SSSR count). The van der Waals surface area contributed by atoms with Crippen molar-refractivity contribution < 1.29 is 13.2 Å². The lowest BCUT2D eigenvalue weighted by molar-refractivity contribution is 0.482. The number of halogens is 5. The van der Waals surface area contributed by atoms with E-state index < -0.39 is 23.5 Å². The molecule has 1 N–H and O–H groups in total. The van der Waals surface area contributed by atoms with E-state index in [-0.39, 0.29) is 11.1 Å². The molecule has 0 heterocycles. The van der Waals surface area contributed by atoms with Crippen LogP contribution in [0.3, 0.4) is 0 Å². The molecule has 20 heavy (non-hydrogen) atoms. The summed E-state index contributed by atoms with van der Waals surface area (Å²) >= 11 is 9.04. The predicted molar refractivity (Wildman–Crippen MR) is 76.4 cm³/mol. The van der Waals surface area contributed by atoms with Crippen molar-refractivity contribution in [1.29, 1.82) is 0 Å². The Morgan fingerprint density at radius 3 is 2.45 bits per heavy atom. The SMILES string of the molecule is CNC(c1cc(Cl)c(Br)cc1F)c1cccc(F)c1F. The summed E-state index contributed by atoms with van der Waals surface area (Å²) in [5, 5.41) is 3.06. The zero-order valence-corrected chi connectivity index (χ0v) is 12.7. The van der Waals surface area contributed by atoms with Crippen molar-refractivity contribution >= 4 is 27.5 Å². The smallest absolute Gasteiger partial charge is 0.163 e. The van der Waals surface area contributed by atoms with Crippen LogP contribution in [0.4, 0.5) is 13.2 Å². The number of rotatable bonds is 3. The molecule has 0 spiro atoms. The third-order valence-corrected chi connectivity index (χ3v) is 4.13. The van der Waals surface area contributed by atoms with Gasteiger partial charge in [-0.3, -0.25) is 0 Å². The standard InChI is InChI=1S/C14H10BrClF3N/c1-20-14(7-3-2-4-11(17)13(7)19)8-5-10(16)9(15)6-12(8)18/h2-6,14,20H,1H3. The Kier molecular flexibility index (Phi) is 4.73. The molecule has 0 radical (unpaired) electrons. The molecule has 1 nitrogen and oxygen atoms in total. The van der Waals surface area contributed by atoms with Crippen molar-refractivity contribution in [3.8, 4) is 0 Å². The topological polar surface area (TPSA) is 12.0 Å². The first kappa shape index (κ1) is 15.4. The normalized spacial score (nSPS) is 12.5. The van der Waals surface area contributed by atoms with E-state index in [1.54, 1.807) is 0 Å². The molecule has 106 valence electrons. The fourth-order valence-corrected chi connectivity index (χ4v) is 2.47. The lowest BCUT2D eigenvalue weighted by atomic mass is 9.97. The molecule has 1 unspecified atom stereocenters. The first-order valence-corrected chi connectivity index (χ1v) is 6.88. The largest absolute Gasteiger partial charge is 0.309 e. The predicted octanol–water partition coefficient (Wildman–Crippen LogP) is 4.83. The molecule has 0 aliphatic carbocycles. The first-order valence-electron chi connectivity index (χ1n) is 5.71. The zero-order chi connectivity index (χ0) is 14.9. The van der Waals surface area contributed by atoms with Gasteiger partial charge in [-0.25, -0.2) is 13.2 Å². The van der Waals surface area contributed by atoms with Gasteiger partial charge in [0.1, 0.15) is 5.82 Å². The fraction of sp³-hybridized carbons (Fsp3) is 0.143. The van der Waals surface area contributed by atoms with Gasteiger partial charge in [-0.2, -0.15) is 0 Å². The van der Waals surface area contributed by atoms with E-state index in [1.165, 1.54) is 31.3 Å². The summed E-state index contributed by atoms with van der Waals surface area (Å²) in [4.78, 5) is 0. The van der Waals surface area contributed by atoms with E-state index in [2.05, 4.69) is 21.2 Å². The Morgan fingerprint density at radius 2 is 1.80 bits per heavy atom. The molecule has 1 atom stereocenters. The van der Waals surface area contributed by atoms with Crippen LogP contribution in [0.15, 0.2) is 34.8 Å². The molecule has 0 fully saturated rings. The Morgan fingerprint density at radius 1 is 1.10 bits per heavy atom. The van der Waals surface area contributed by atoms with Crippen LogP contribution < -0.4 is 5.32 Å². The molecule has 2 aromatic carbocycles. The van der Waals surface area contributed by atoms with Crippen LogP contribution >= 0.6 is 27.5 Å². The number of benzene rings is 2. The molecule has 0 aliphatic rings.